The molecule has 1 unspecified atom stereocenters. The molecule has 1 aromatic carbocycles. The number of nitrogens with zero attached hydrogens (tertiary/aromatic N) is 1. The lowest BCUT2D eigenvalue weighted by molar-refractivity contribution is 0.554. The number of fused-ring (bicyclic) bond motifs is 1. The summed E-state index contributed by atoms with van der Waals surface area (Å²) < 4.78 is 13.9. The van der Waals surface area contributed by atoms with Crippen molar-refractivity contribution < 1.29 is 4.39 Å². The van der Waals surface area contributed by atoms with Crippen LogP contribution < -0.4 is 5.73 Å². The Morgan fingerprint density at radius 3 is 3.05 bits per heavy atom. The van der Waals surface area contributed by atoms with Gasteiger partial charge in [-0.3, -0.25) is 0 Å². The third-order valence-corrected chi connectivity index (χ3v) is 5.00. The van der Waals surface area contributed by atoms with Gasteiger partial charge in [-0.15, -0.1) is 11.3 Å². The van der Waals surface area contributed by atoms with Gasteiger partial charge in [-0.2, -0.15) is 0 Å². The lowest BCUT2D eigenvalue weighted by Gasteiger charge is -2.18. The lowest BCUT2D eigenvalue weighted by atomic mass is 9.91. The van der Waals surface area contributed by atoms with Gasteiger partial charge in [0, 0.05) is 17.3 Å². The SMILES string of the molecule is NCC1CCCc2sc(-c3c(F)cccc3Cl)nc21. The number of hydrogen-bond acceptors (Lipinski definition) is 3. The number of rotatable bonds is 2. The van der Waals surface area contributed by atoms with Gasteiger partial charge in [0.15, 0.2) is 0 Å². The average molecular weight is 297 g/mol. The van der Waals surface area contributed by atoms with E-state index in [-0.39, 0.29) is 5.82 Å². The van der Waals surface area contributed by atoms with Gasteiger partial charge >= 0.3 is 0 Å². The van der Waals surface area contributed by atoms with Gasteiger partial charge in [0.1, 0.15) is 10.8 Å². The van der Waals surface area contributed by atoms with E-state index < -0.39 is 0 Å². The average Bonchev–Trinajstić information content (AvgIpc) is 2.81. The maximum absolute atomic E-state index is 13.9. The van der Waals surface area contributed by atoms with Gasteiger partial charge in [0.2, 0.25) is 0 Å². The monoisotopic (exact) mass is 296 g/mol. The third kappa shape index (κ3) is 2.29. The molecule has 0 spiro atoms. The molecule has 19 heavy (non-hydrogen) atoms. The van der Waals surface area contributed by atoms with Crippen LogP contribution in [0, 0.1) is 5.82 Å². The molecule has 2 nitrogen and oxygen atoms in total. The molecular weight excluding hydrogens is 283 g/mol. The second-order valence-electron chi connectivity index (χ2n) is 4.75. The minimum absolute atomic E-state index is 0.305. The lowest BCUT2D eigenvalue weighted by Crippen LogP contribution is -2.17. The van der Waals surface area contributed by atoms with Crippen LogP contribution in [-0.4, -0.2) is 11.5 Å². The minimum Gasteiger partial charge on any atom is -0.330 e. The van der Waals surface area contributed by atoms with Crippen molar-refractivity contribution in [2.24, 2.45) is 5.73 Å². The zero-order chi connectivity index (χ0) is 13.4. The second kappa shape index (κ2) is 5.19. The number of thiazole rings is 1. The van der Waals surface area contributed by atoms with Crippen molar-refractivity contribution in [2.75, 3.05) is 6.54 Å². The molecule has 1 aromatic heterocycles. The molecule has 0 saturated carbocycles. The first kappa shape index (κ1) is 13.0. The van der Waals surface area contributed by atoms with E-state index in [0.29, 0.717) is 28.1 Å². The summed E-state index contributed by atoms with van der Waals surface area (Å²) in [5.74, 6) is -0.0119. The molecular formula is C14H14ClFN2S. The summed E-state index contributed by atoms with van der Waals surface area (Å²) in [5.41, 5.74) is 7.26. The smallest absolute Gasteiger partial charge is 0.134 e. The van der Waals surface area contributed by atoms with Crippen molar-refractivity contribution in [2.45, 2.75) is 25.2 Å². The summed E-state index contributed by atoms with van der Waals surface area (Å²) >= 11 is 7.64. The highest BCUT2D eigenvalue weighted by Crippen LogP contribution is 2.40. The van der Waals surface area contributed by atoms with E-state index in [9.17, 15) is 4.39 Å². The first-order chi connectivity index (χ1) is 9.20. The van der Waals surface area contributed by atoms with Crippen molar-refractivity contribution in [3.63, 3.8) is 0 Å². The number of benzene rings is 1. The van der Waals surface area contributed by atoms with E-state index >= 15 is 0 Å². The molecule has 100 valence electrons. The fourth-order valence-electron chi connectivity index (χ4n) is 2.55. The number of nitrogens with two attached hydrogens (primary N) is 1. The van der Waals surface area contributed by atoms with Crippen molar-refractivity contribution in [1.29, 1.82) is 0 Å². The largest absolute Gasteiger partial charge is 0.330 e. The molecule has 1 aliphatic carbocycles. The van der Waals surface area contributed by atoms with Gasteiger partial charge in [-0.25, -0.2) is 9.37 Å². The number of hydrogen-bond donors (Lipinski definition) is 1. The van der Waals surface area contributed by atoms with Crippen LogP contribution in [0.5, 0.6) is 0 Å². The van der Waals surface area contributed by atoms with Gasteiger partial charge in [-0.05, 0) is 31.4 Å². The Balaban J connectivity index is 2.10. The summed E-state index contributed by atoms with van der Waals surface area (Å²) in [6.45, 7) is 0.598. The molecule has 5 heteroatoms. The van der Waals surface area contributed by atoms with Crippen LogP contribution >= 0.6 is 22.9 Å². The zero-order valence-electron chi connectivity index (χ0n) is 10.3. The molecule has 3 rings (SSSR count). The van der Waals surface area contributed by atoms with Crippen LogP contribution in [0.3, 0.4) is 0 Å². The van der Waals surface area contributed by atoms with E-state index in [1.165, 1.54) is 10.9 Å². The van der Waals surface area contributed by atoms with Crippen molar-refractivity contribution in [1.82, 2.24) is 4.98 Å². The molecule has 0 amide bonds. The highest BCUT2D eigenvalue weighted by Gasteiger charge is 2.25. The van der Waals surface area contributed by atoms with E-state index in [0.717, 1.165) is 25.0 Å². The molecule has 0 radical (unpaired) electrons. The van der Waals surface area contributed by atoms with Gasteiger partial charge in [0.25, 0.3) is 0 Å². The Labute approximate surface area is 120 Å². The quantitative estimate of drug-likeness (QED) is 0.910. The Hall–Kier alpha value is -0.970. The van der Waals surface area contributed by atoms with Crippen molar-refractivity contribution >= 4 is 22.9 Å². The van der Waals surface area contributed by atoms with E-state index in [2.05, 4.69) is 4.98 Å². The molecule has 0 fully saturated rings. The van der Waals surface area contributed by atoms with Crippen LogP contribution in [0.25, 0.3) is 10.6 Å². The molecule has 0 aliphatic heterocycles. The molecule has 0 saturated heterocycles. The normalized spacial score (nSPS) is 18.4. The first-order valence-electron chi connectivity index (χ1n) is 6.34. The van der Waals surface area contributed by atoms with Gasteiger partial charge in [0.05, 0.1) is 16.3 Å². The minimum atomic E-state index is -0.317. The standard InChI is InChI=1S/C14H14ClFN2S/c15-9-4-2-5-10(16)12(9)14-18-13-8(7-17)3-1-6-11(13)19-14/h2,4-5,8H,1,3,6-7,17H2. The topological polar surface area (TPSA) is 38.9 Å². The summed E-state index contributed by atoms with van der Waals surface area (Å²) in [5, 5.41) is 1.09. The predicted molar refractivity (Wildman–Crippen MR) is 77.3 cm³/mol. The number of halogens is 2. The Bertz CT molecular complexity index is 591. The number of aryl methyl sites for hydroxylation is 1. The molecule has 1 atom stereocenters. The molecule has 0 bridgehead atoms. The fourth-order valence-corrected chi connectivity index (χ4v) is 4.10. The van der Waals surface area contributed by atoms with Gasteiger partial charge < -0.3 is 5.73 Å². The highest BCUT2D eigenvalue weighted by molar-refractivity contribution is 7.15. The Kier molecular flexibility index (Phi) is 3.56. The van der Waals surface area contributed by atoms with Crippen molar-refractivity contribution in [3.8, 4) is 10.6 Å². The third-order valence-electron chi connectivity index (χ3n) is 3.53. The van der Waals surface area contributed by atoms with Crippen molar-refractivity contribution in [3.05, 3.63) is 39.6 Å². The highest BCUT2D eigenvalue weighted by atomic mass is 35.5. The second-order valence-corrected chi connectivity index (χ2v) is 6.24. The zero-order valence-corrected chi connectivity index (χ0v) is 11.9. The summed E-state index contributed by atoms with van der Waals surface area (Å²) in [6, 6.07) is 4.72. The maximum atomic E-state index is 13.9. The molecule has 1 aliphatic rings. The van der Waals surface area contributed by atoms with Crippen LogP contribution in [0.2, 0.25) is 5.02 Å². The molecule has 1 heterocycles. The van der Waals surface area contributed by atoms with Crippen LogP contribution in [0.4, 0.5) is 4.39 Å². The fraction of sp³-hybridized carbons (Fsp3) is 0.357. The first-order valence-corrected chi connectivity index (χ1v) is 7.54. The Morgan fingerprint density at radius 2 is 2.32 bits per heavy atom. The summed E-state index contributed by atoms with van der Waals surface area (Å²) in [6.07, 6.45) is 3.20. The summed E-state index contributed by atoms with van der Waals surface area (Å²) in [4.78, 5) is 5.84. The summed E-state index contributed by atoms with van der Waals surface area (Å²) in [7, 11) is 0. The van der Waals surface area contributed by atoms with Crippen LogP contribution in [-0.2, 0) is 6.42 Å². The van der Waals surface area contributed by atoms with Crippen LogP contribution in [0.15, 0.2) is 18.2 Å². The van der Waals surface area contributed by atoms with E-state index in [4.69, 9.17) is 17.3 Å². The van der Waals surface area contributed by atoms with Crippen LogP contribution in [0.1, 0.15) is 29.3 Å². The van der Waals surface area contributed by atoms with Gasteiger partial charge in [-0.1, -0.05) is 17.7 Å². The number of aromatic nitrogens is 1. The molecule has 2 aromatic rings. The Morgan fingerprint density at radius 1 is 1.47 bits per heavy atom. The van der Waals surface area contributed by atoms with E-state index in [1.807, 2.05) is 0 Å². The maximum Gasteiger partial charge on any atom is 0.134 e. The van der Waals surface area contributed by atoms with E-state index in [1.54, 1.807) is 23.5 Å². The molecule has 2 N–H and O–H groups in total. The predicted octanol–water partition coefficient (Wildman–Crippen LogP) is 3.98.